The van der Waals surface area contributed by atoms with Gasteiger partial charge in [0.2, 0.25) is 5.91 Å². The molecule has 2 aromatic heterocycles. The SMILES string of the molecule is COC(=O)c1c(NC(=O)CCn2ccc3ccccc32)sc(C)c1-c1ccc(C)c(C)c1. The Labute approximate surface area is 191 Å². The minimum absolute atomic E-state index is 0.138. The molecule has 2 heterocycles. The summed E-state index contributed by atoms with van der Waals surface area (Å²) in [6.45, 7) is 6.62. The topological polar surface area (TPSA) is 60.3 Å². The number of carbonyl (C=O) groups excluding carboxylic acids is 2. The van der Waals surface area contributed by atoms with Crippen LogP contribution in [0.25, 0.3) is 22.0 Å². The summed E-state index contributed by atoms with van der Waals surface area (Å²) in [5, 5.41) is 4.64. The van der Waals surface area contributed by atoms with Crippen molar-refractivity contribution in [2.24, 2.45) is 0 Å². The van der Waals surface area contributed by atoms with Crippen molar-refractivity contribution in [3.05, 3.63) is 76.3 Å². The number of carbonyl (C=O) groups is 2. The van der Waals surface area contributed by atoms with Crippen molar-refractivity contribution in [3.63, 3.8) is 0 Å². The molecule has 0 radical (unpaired) electrons. The zero-order valence-corrected chi connectivity index (χ0v) is 19.5. The smallest absolute Gasteiger partial charge is 0.341 e. The highest BCUT2D eigenvalue weighted by molar-refractivity contribution is 7.17. The van der Waals surface area contributed by atoms with Gasteiger partial charge in [-0.2, -0.15) is 0 Å². The van der Waals surface area contributed by atoms with E-state index in [0.717, 1.165) is 32.5 Å². The second-order valence-electron chi connectivity index (χ2n) is 7.89. The number of fused-ring (bicyclic) bond motifs is 1. The summed E-state index contributed by atoms with van der Waals surface area (Å²) < 4.78 is 7.13. The first-order valence-corrected chi connectivity index (χ1v) is 11.3. The van der Waals surface area contributed by atoms with Crippen LogP contribution in [0.4, 0.5) is 5.00 Å². The lowest BCUT2D eigenvalue weighted by Gasteiger charge is -2.10. The van der Waals surface area contributed by atoms with Crippen LogP contribution in [0, 0.1) is 20.8 Å². The third-order valence-electron chi connectivity index (χ3n) is 5.78. The largest absolute Gasteiger partial charge is 0.465 e. The average molecular weight is 447 g/mol. The fourth-order valence-electron chi connectivity index (χ4n) is 3.92. The van der Waals surface area contributed by atoms with Gasteiger partial charge in [0.1, 0.15) is 10.6 Å². The number of methoxy groups -OCH3 is 1. The molecule has 0 atom stereocenters. The fourth-order valence-corrected chi connectivity index (χ4v) is 5.00. The molecular formula is C26H26N2O3S. The summed E-state index contributed by atoms with van der Waals surface area (Å²) in [7, 11) is 1.36. The number of para-hydroxylation sites is 1. The number of thiophene rings is 1. The molecule has 0 spiro atoms. The zero-order chi connectivity index (χ0) is 22.8. The molecule has 0 aliphatic carbocycles. The van der Waals surface area contributed by atoms with Gasteiger partial charge in [-0.05, 0) is 55.0 Å². The number of nitrogens with one attached hydrogen (secondary N) is 1. The van der Waals surface area contributed by atoms with Crippen LogP contribution in [0.1, 0.15) is 32.8 Å². The first-order valence-electron chi connectivity index (χ1n) is 10.5. The lowest BCUT2D eigenvalue weighted by atomic mass is 9.97. The van der Waals surface area contributed by atoms with Crippen molar-refractivity contribution in [2.75, 3.05) is 12.4 Å². The Kier molecular flexibility index (Phi) is 6.15. The minimum atomic E-state index is -0.450. The molecule has 4 rings (SSSR count). The molecule has 0 saturated heterocycles. The van der Waals surface area contributed by atoms with E-state index in [1.54, 1.807) is 0 Å². The Morgan fingerprint density at radius 2 is 1.81 bits per heavy atom. The Bertz CT molecular complexity index is 1320. The maximum absolute atomic E-state index is 12.8. The summed E-state index contributed by atoms with van der Waals surface area (Å²) in [6.07, 6.45) is 2.29. The van der Waals surface area contributed by atoms with E-state index < -0.39 is 5.97 Å². The van der Waals surface area contributed by atoms with E-state index in [9.17, 15) is 9.59 Å². The van der Waals surface area contributed by atoms with E-state index in [1.807, 2.05) is 56.4 Å². The number of esters is 1. The summed E-state index contributed by atoms with van der Waals surface area (Å²) >= 11 is 1.40. The van der Waals surface area contributed by atoms with Gasteiger partial charge in [0.05, 0.1) is 7.11 Å². The van der Waals surface area contributed by atoms with Gasteiger partial charge in [-0.1, -0.05) is 36.4 Å². The van der Waals surface area contributed by atoms with Gasteiger partial charge in [0.25, 0.3) is 0 Å². The highest BCUT2D eigenvalue weighted by atomic mass is 32.1. The number of aryl methyl sites for hydroxylation is 4. The van der Waals surface area contributed by atoms with E-state index in [2.05, 4.69) is 28.9 Å². The van der Waals surface area contributed by atoms with Crippen LogP contribution >= 0.6 is 11.3 Å². The van der Waals surface area contributed by atoms with Crippen LogP contribution in [0.5, 0.6) is 0 Å². The lowest BCUT2D eigenvalue weighted by molar-refractivity contribution is -0.116. The van der Waals surface area contributed by atoms with E-state index in [0.29, 0.717) is 23.5 Å². The monoisotopic (exact) mass is 446 g/mol. The average Bonchev–Trinajstić information content (AvgIpc) is 3.34. The lowest BCUT2D eigenvalue weighted by Crippen LogP contribution is -2.16. The fraction of sp³-hybridized carbons (Fsp3) is 0.231. The number of hydrogen-bond donors (Lipinski definition) is 1. The summed E-state index contributed by atoms with van der Waals surface area (Å²) in [6, 6.07) is 16.2. The van der Waals surface area contributed by atoms with Crippen LogP contribution in [-0.2, 0) is 16.1 Å². The molecule has 2 aromatic carbocycles. The van der Waals surface area contributed by atoms with Crippen LogP contribution < -0.4 is 5.32 Å². The Morgan fingerprint density at radius 3 is 2.56 bits per heavy atom. The number of anilines is 1. The first kappa shape index (κ1) is 21.8. The van der Waals surface area contributed by atoms with Gasteiger partial charge >= 0.3 is 5.97 Å². The quantitative estimate of drug-likeness (QED) is 0.364. The summed E-state index contributed by atoms with van der Waals surface area (Å²) in [4.78, 5) is 26.4. The van der Waals surface area contributed by atoms with Crippen LogP contribution in [0.3, 0.4) is 0 Å². The number of rotatable bonds is 6. The predicted octanol–water partition coefficient (Wildman–Crippen LogP) is 6.11. The molecule has 0 aliphatic rings. The zero-order valence-electron chi connectivity index (χ0n) is 18.7. The van der Waals surface area contributed by atoms with Gasteiger partial charge < -0.3 is 14.6 Å². The van der Waals surface area contributed by atoms with Gasteiger partial charge in [0, 0.05) is 35.1 Å². The normalized spacial score (nSPS) is 11.0. The van der Waals surface area contributed by atoms with Gasteiger partial charge in [-0.25, -0.2) is 4.79 Å². The molecule has 32 heavy (non-hydrogen) atoms. The maximum atomic E-state index is 12.8. The Hall–Kier alpha value is -3.38. The third kappa shape index (κ3) is 4.18. The molecule has 1 N–H and O–H groups in total. The molecular weight excluding hydrogens is 420 g/mol. The van der Waals surface area contributed by atoms with Crippen molar-refractivity contribution >= 4 is 39.1 Å². The van der Waals surface area contributed by atoms with Crippen molar-refractivity contribution in [1.82, 2.24) is 4.57 Å². The molecule has 5 nitrogen and oxygen atoms in total. The number of nitrogens with zero attached hydrogens (tertiary/aromatic N) is 1. The number of ether oxygens (including phenoxy) is 1. The third-order valence-corrected chi connectivity index (χ3v) is 6.80. The molecule has 164 valence electrons. The number of hydrogen-bond acceptors (Lipinski definition) is 4. The molecule has 0 saturated carbocycles. The van der Waals surface area contributed by atoms with Crippen LogP contribution in [0.2, 0.25) is 0 Å². The highest BCUT2D eigenvalue weighted by Gasteiger charge is 2.25. The standard InChI is InChI=1S/C26H26N2O3S/c1-16-9-10-20(15-17(16)2)23-18(3)32-25(24(23)26(30)31-4)27-22(29)12-14-28-13-11-19-7-5-6-8-21(19)28/h5-11,13,15H,12,14H2,1-4H3,(H,27,29). The Balaban J connectivity index is 1.59. The van der Waals surface area contributed by atoms with Gasteiger partial charge in [0.15, 0.2) is 0 Å². The van der Waals surface area contributed by atoms with Crippen LogP contribution in [0.15, 0.2) is 54.7 Å². The molecule has 6 heteroatoms. The molecule has 0 unspecified atom stereocenters. The molecule has 0 aliphatic heterocycles. The van der Waals surface area contributed by atoms with Crippen LogP contribution in [-0.4, -0.2) is 23.6 Å². The van der Waals surface area contributed by atoms with Crippen molar-refractivity contribution in [2.45, 2.75) is 33.7 Å². The van der Waals surface area contributed by atoms with Gasteiger partial charge in [-0.3, -0.25) is 4.79 Å². The maximum Gasteiger partial charge on any atom is 0.341 e. The van der Waals surface area contributed by atoms with E-state index in [-0.39, 0.29) is 5.91 Å². The van der Waals surface area contributed by atoms with E-state index >= 15 is 0 Å². The first-order chi connectivity index (χ1) is 15.4. The number of amides is 1. The van der Waals surface area contributed by atoms with Gasteiger partial charge in [-0.15, -0.1) is 11.3 Å². The predicted molar refractivity (Wildman–Crippen MR) is 130 cm³/mol. The Morgan fingerprint density at radius 1 is 1.03 bits per heavy atom. The van der Waals surface area contributed by atoms with Crippen molar-refractivity contribution in [1.29, 1.82) is 0 Å². The number of aromatic nitrogens is 1. The van der Waals surface area contributed by atoms with Crippen molar-refractivity contribution in [3.8, 4) is 11.1 Å². The van der Waals surface area contributed by atoms with E-state index in [4.69, 9.17) is 4.74 Å². The minimum Gasteiger partial charge on any atom is -0.465 e. The molecule has 4 aromatic rings. The number of benzene rings is 2. The highest BCUT2D eigenvalue weighted by Crippen LogP contribution is 2.41. The molecule has 1 amide bonds. The molecule has 0 fully saturated rings. The van der Waals surface area contributed by atoms with Crippen molar-refractivity contribution < 1.29 is 14.3 Å². The summed E-state index contributed by atoms with van der Waals surface area (Å²) in [5.41, 5.74) is 5.61. The van der Waals surface area contributed by atoms with E-state index in [1.165, 1.54) is 24.0 Å². The summed E-state index contributed by atoms with van der Waals surface area (Å²) in [5.74, 6) is -0.588. The second kappa shape index (κ2) is 9.01. The second-order valence-corrected chi connectivity index (χ2v) is 9.12. The molecule has 0 bridgehead atoms.